The van der Waals surface area contributed by atoms with Crippen LogP contribution in [0.4, 0.5) is 19.0 Å². The minimum atomic E-state index is -4.49. The molecule has 1 aromatic heterocycles. The van der Waals surface area contributed by atoms with Crippen LogP contribution in [-0.2, 0) is 11.0 Å². The number of amides is 1. The molecule has 1 saturated heterocycles. The van der Waals surface area contributed by atoms with Crippen LogP contribution in [-0.4, -0.2) is 23.5 Å². The van der Waals surface area contributed by atoms with E-state index in [1.807, 2.05) is 0 Å². The Labute approximate surface area is 114 Å². The lowest BCUT2D eigenvalue weighted by molar-refractivity contribution is -0.141. The third-order valence-corrected chi connectivity index (χ3v) is 2.90. The van der Waals surface area contributed by atoms with Crippen LogP contribution in [0.3, 0.4) is 0 Å². The number of carbonyl (C=O) groups is 1. The fraction of sp³-hybridized carbons (Fsp3) is 0.455. The fourth-order valence-electron chi connectivity index (χ4n) is 2.08. The molecule has 4 nitrogen and oxygen atoms in total. The maximum absolute atomic E-state index is 12.5. The van der Waals surface area contributed by atoms with Gasteiger partial charge in [-0.05, 0) is 25.0 Å². The summed E-state index contributed by atoms with van der Waals surface area (Å²) in [5.41, 5.74) is 4.26. The summed E-state index contributed by atoms with van der Waals surface area (Å²) in [4.78, 5) is 16.3. The number of nitrogens with zero attached hydrogens (tertiary/aromatic N) is 2. The normalized spacial score (nSPS) is 19.1. The molecule has 0 radical (unpaired) electrons. The Balaban J connectivity index is 0.00000180. The first kappa shape index (κ1) is 15.6. The number of nitrogens with two attached hydrogens (primary N) is 1. The van der Waals surface area contributed by atoms with Crippen LogP contribution in [0.5, 0.6) is 0 Å². The maximum Gasteiger partial charge on any atom is 0.433 e. The highest BCUT2D eigenvalue weighted by Crippen LogP contribution is 2.30. The summed E-state index contributed by atoms with van der Waals surface area (Å²) >= 11 is 0. The summed E-state index contributed by atoms with van der Waals surface area (Å²) in [5, 5.41) is 0. The zero-order valence-electron chi connectivity index (χ0n) is 9.85. The number of halogens is 4. The van der Waals surface area contributed by atoms with Gasteiger partial charge in [-0.2, -0.15) is 13.2 Å². The van der Waals surface area contributed by atoms with Crippen molar-refractivity contribution >= 4 is 24.1 Å². The molecule has 0 saturated carbocycles. The number of pyridine rings is 1. The number of anilines is 1. The molecule has 1 aliphatic heterocycles. The quantitative estimate of drug-likeness (QED) is 0.907. The van der Waals surface area contributed by atoms with E-state index >= 15 is 0 Å². The van der Waals surface area contributed by atoms with Crippen LogP contribution >= 0.6 is 12.4 Å². The number of aromatic nitrogens is 1. The molecular weight excluding hydrogens is 283 g/mol. The van der Waals surface area contributed by atoms with Crippen molar-refractivity contribution in [2.45, 2.75) is 25.1 Å². The average molecular weight is 296 g/mol. The van der Waals surface area contributed by atoms with Gasteiger partial charge in [0.05, 0.1) is 0 Å². The molecule has 8 heteroatoms. The second kappa shape index (κ2) is 5.64. The summed E-state index contributed by atoms with van der Waals surface area (Å²) < 4.78 is 37.6. The Kier molecular flexibility index (Phi) is 4.62. The van der Waals surface area contributed by atoms with E-state index < -0.39 is 23.8 Å². The molecule has 106 valence electrons. The molecule has 2 N–H and O–H groups in total. The van der Waals surface area contributed by atoms with Gasteiger partial charge >= 0.3 is 6.18 Å². The minimum Gasteiger partial charge on any atom is -0.368 e. The zero-order chi connectivity index (χ0) is 13.3. The Morgan fingerprint density at radius 2 is 2.11 bits per heavy atom. The SMILES string of the molecule is Cl.NC(=O)C1CCCN1c1cccc(C(F)(F)F)n1. The number of primary amides is 1. The molecule has 0 spiro atoms. The van der Waals surface area contributed by atoms with Gasteiger partial charge in [-0.3, -0.25) is 4.79 Å². The summed E-state index contributed by atoms with van der Waals surface area (Å²) in [6.07, 6.45) is -3.23. The van der Waals surface area contributed by atoms with Crippen LogP contribution in [0.15, 0.2) is 18.2 Å². The van der Waals surface area contributed by atoms with Gasteiger partial charge in [0, 0.05) is 6.54 Å². The number of carbonyl (C=O) groups excluding carboxylic acids is 1. The first-order chi connectivity index (χ1) is 8.39. The molecule has 0 aromatic carbocycles. The summed E-state index contributed by atoms with van der Waals surface area (Å²) in [6.45, 7) is 0.488. The lowest BCUT2D eigenvalue weighted by atomic mass is 10.2. The van der Waals surface area contributed by atoms with E-state index in [0.29, 0.717) is 19.4 Å². The number of rotatable bonds is 2. The molecule has 2 rings (SSSR count). The van der Waals surface area contributed by atoms with E-state index in [-0.39, 0.29) is 18.2 Å². The summed E-state index contributed by atoms with van der Waals surface area (Å²) in [6, 6.07) is 3.07. The molecule has 1 atom stereocenters. The van der Waals surface area contributed by atoms with Crippen LogP contribution in [0, 0.1) is 0 Å². The average Bonchev–Trinajstić information content (AvgIpc) is 2.77. The van der Waals surface area contributed by atoms with Crippen molar-refractivity contribution in [1.29, 1.82) is 0 Å². The standard InChI is InChI=1S/C11H12F3N3O.ClH/c12-11(13,14)8-4-1-5-9(16-8)17-6-2-3-7(17)10(15)18;/h1,4-5,7H,2-3,6H2,(H2,15,18);1H. The van der Waals surface area contributed by atoms with Gasteiger partial charge in [0.2, 0.25) is 5.91 Å². The van der Waals surface area contributed by atoms with Gasteiger partial charge in [0.1, 0.15) is 17.6 Å². The second-order valence-electron chi connectivity index (χ2n) is 4.13. The topological polar surface area (TPSA) is 59.2 Å². The van der Waals surface area contributed by atoms with E-state index in [4.69, 9.17) is 5.73 Å². The lowest BCUT2D eigenvalue weighted by Gasteiger charge is -2.23. The molecule has 1 aliphatic rings. The Hall–Kier alpha value is -1.50. The van der Waals surface area contributed by atoms with Gasteiger partial charge in [-0.1, -0.05) is 6.07 Å². The van der Waals surface area contributed by atoms with Crippen molar-refractivity contribution in [3.05, 3.63) is 23.9 Å². The Morgan fingerprint density at radius 3 is 2.68 bits per heavy atom. The molecular formula is C11H13ClF3N3O. The van der Waals surface area contributed by atoms with E-state index in [2.05, 4.69) is 4.98 Å². The first-order valence-electron chi connectivity index (χ1n) is 5.50. The highest BCUT2D eigenvalue weighted by molar-refractivity contribution is 5.85. The Bertz CT molecular complexity index is 467. The smallest absolute Gasteiger partial charge is 0.368 e. The van der Waals surface area contributed by atoms with Crippen LogP contribution in [0.1, 0.15) is 18.5 Å². The molecule has 2 heterocycles. The highest BCUT2D eigenvalue weighted by atomic mass is 35.5. The summed E-state index contributed by atoms with van der Waals surface area (Å²) in [5.74, 6) is -0.391. The second-order valence-corrected chi connectivity index (χ2v) is 4.13. The number of hydrogen-bond donors (Lipinski definition) is 1. The van der Waals surface area contributed by atoms with Crippen molar-refractivity contribution in [2.24, 2.45) is 5.73 Å². The van der Waals surface area contributed by atoms with Gasteiger partial charge in [-0.25, -0.2) is 4.98 Å². The van der Waals surface area contributed by atoms with Gasteiger partial charge < -0.3 is 10.6 Å². The van der Waals surface area contributed by atoms with Gasteiger partial charge in [0.15, 0.2) is 0 Å². The van der Waals surface area contributed by atoms with Crippen LogP contribution in [0.2, 0.25) is 0 Å². The molecule has 1 unspecified atom stereocenters. The molecule has 1 amide bonds. The van der Waals surface area contributed by atoms with E-state index in [1.54, 1.807) is 0 Å². The van der Waals surface area contributed by atoms with Crippen LogP contribution in [0.25, 0.3) is 0 Å². The fourth-order valence-corrected chi connectivity index (χ4v) is 2.08. The van der Waals surface area contributed by atoms with Gasteiger partial charge in [-0.15, -0.1) is 12.4 Å². The molecule has 0 bridgehead atoms. The molecule has 1 aromatic rings. The largest absolute Gasteiger partial charge is 0.433 e. The monoisotopic (exact) mass is 295 g/mol. The lowest BCUT2D eigenvalue weighted by Crippen LogP contribution is -2.40. The third kappa shape index (κ3) is 3.28. The first-order valence-corrected chi connectivity index (χ1v) is 5.50. The van der Waals surface area contributed by atoms with Crippen LogP contribution < -0.4 is 10.6 Å². The van der Waals surface area contributed by atoms with E-state index in [9.17, 15) is 18.0 Å². The molecule has 1 fully saturated rings. The van der Waals surface area contributed by atoms with Crippen molar-refractivity contribution < 1.29 is 18.0 Å². The molecule has 0 aliphatic carbocycles. The number of hydrogen-bond acceptors (Lipinski definition) is 3. The minimum absolute atomic E-state index is 0. The van der Waals surface area contributed by atoms with E-state index in [0.717, 1.165) is 6.07 Å². The van der Waals surface area contributed by atoms with Crippen molar-refractivity contribution in [3.63, 3.8) is 0 Å². The predicted molar refractivity (Wildman–Crippen MR) is 66.0 cm³/mol. The third-order valence-electron chi connectivity index (χ3n) is 2.90. The van der Waals surface area contributed by atoms with Crippen molar-refractivity contribution in [3.8, 4) is 0 Å². The Morgan fingerprint density at radius 1 is 1.42 bits per heavy atom. The number of alkyl halides is 3. The van der Waals surface area contributed by atoms with Crippen molar-refractivity contribution in [2.75, 3.05) is 11.4 Å². The predicted octanol–water partition coefficient (Wildman–Crippen LogP) is 1.98. The maximum atomic E-state index is 12.5. The van der Waals surface area contributed by atoms with Gasteiger partial charge in [0.25, 0.3) is 0 Å². The zero-order valence-corrected chi connectivity index (χ0v) is 10.7. The molecule has 19 heavy (non-hydrogen) atoms. The summed E-state index contributed by atoms with van der Waals surface area (Å²) in [7, 11) is 0. The van der Waals surface area contributed by atoms with E-state index in [1.165, 1.54) is 17.0 Å². The van der Waals surface area contributed by atoms with Crippen molar-refractivity contribution in [1.82, 2.24) is 4.98 Å². The highest BCUT2D eigenvalue weighted by Gasteiger charge is 2.35.